The molecule has 1 heterocycles. The molecule has 2 N–H and O–H groups in total. The maximum Gasteiger partial charge on any atom is 0.0805 e. The molecule has 1 aliphatic rings. The van der Waals surface area contributed by atoms with Crippen molar-refractivity contribution in [2.45, 2.75) is 32.5 Å². The van der Waals surface area contributed by atoms with E-state index in [9.17, 15) is 0 Å². The number of benzene rings is 1. The molecule has 18 heavy (non-hydrogen) atoms. The van der Waals surface area contributed by atoms with Crippen LogP contribution in [0.3, 0.4) is 0 Å². The summed E-state index contributed by atoms with van der Waals surface area (Å²) >= 11 is 12.5. The van der Waals surface area contributed by atoms with E-state index in [2.05, 4.69) is 18.7 Å². The molecule has 5 heteroatoms. The molecular formula is C13H18Cl2N2O. The average molecular weight is 289 g/mol. The van der Waals surface area contributed by atoms with E-state index >= 15 is 0 Å². The molecule has 0 aliphatic carbocycles. The van der Waals surface area contributed by atoms with Gasteiger partial charge in [0.05, 0.1) is 27.4 Å². The van der Waals surface area contributed by atoms with Gasteiger partial charge in [0.2, 0.25) is 0 Å². The summed E-state index contributed by atoms with van der Waals surface area (Å²) < 4.78 is 5.88. The number of hydrogen-bond acceptors (Lipinski definition) is 3. The molecule has 1 fully saturated rings. The number of nitrogens with two attached hydrogens (primary N) is 1. The number of morpholine rings is 1. The van der Waals surface area contributed by atoms with Crippen molar-refractivity contribution in [3.63, 3.8) is 0 Å². The second-order valence-electron chi connectivity index (χ2n) is 5.40. The number of nitrogens with zero attached hydrogens (tertiary/aromatic N) is 1. The van der Waals surface area contributed by atoms with E-state index in [1.165, 1.54) is 0 Å². The summed E-state index contributed by atoms with van der Waals surface area (Å²) in [5.74, 6) is 0. The van der Waals surface area contributed by atoms with Crippen LogP contribution < -0.4 is 10.6 Å². The van der Waals surface area contributed by atoms with E-state index in [0.29, 0.717) is 15.7 Å². The Morgan fingerprint density at radius 2 is 1.89 bits per heavy atom. The zero-order chi connectivity index (χ0) is 13.5. The largest absolute Gasteiger partial charge is 0.399 e. The summed E-state index contributed by atoms with van der Waals surface area (Å²) in [4.78, 5) is 2.16. The van der Waals surface area contributed by atoms with E-state index < -0.39 is 0 Å². The minimum absolute atomic E-state index is 0.137. The van der Waals surface area contributed by atoms with Gasteiger partial charge in [-0.15, -0.1) is 0 Å². The Labute approximate surface area is 118 Å². The molecule has 1 saturated heterocycles. The number of nitrogen functional groups attached to an aromatic ring is 1. The van der Waals surface area contributed by atoms with Crippen LogP contribution in [0.4, 0.5) is 11.4 Å². The molecule has 0 amide bonds. The quantitative estimate of drug-likeness (QED) is 0.803. The lowest BCUT2D eigenvalue weighted by molar-refractivity contribution is -0.0749. The predicted molar refractivity (Wildman–Crippen MR) is 77.7 cm³/mol. The van der Waals surface area contributed by atoms with Crippen LogP contribution in [-0.4, -0.2) is 24.8 Å². The molecule has 0 bridgehead atoms. The molecule has 2 rings (SSSR count). The Morgan fingerprint density at radius 1 is 1.33 bits per heavy atom. The van der Waals surface area contributed by atoms with Gasteiger partial charge in [-0.3, -0.25) is 0 Å². The molecule has 100 valence electrons. The van der Waals surface area contributed by atoms with Crippen LogP contribution in [0.2, 0.25) is 10.0 Å². The van der Waals surface area contributed by atoms with Crippen LogP contribution >= 0.6 is 23.2 Å². The number of rotatable bonds is 1. The fraction of sp³-hybridized carbons (Fsp3) is 0.538. The summed E-state index contributed by atoms with van der Waals surface area (Å²) in [5, 5.41) is 1.18. The summed E-state index contributed by atoms with van der Waals surface area (Å²) in [6.45, 7) is 7.70. The fourth-order valence-electron chi connectivity index (χ4n) is 2.51. The second-order valence-corrected chi connectivity index (χ2v) is 6.22. The highest BCUT2D eigenvalue weighted by Gasteiger charge is 2.33. The highest BCUT2D eigenvalue weighted by Crippen LogP contribution is 2.38. The molecule has 0 aromatic heterocycles. The van der Waals surface area contributed by atoms with Crippen molar-refractivity contribution in [1.82, 2.24) is 0 Å². The van der Waals surface area contributed by atoms with Gasteiger partial charge in [0.15, 0.2) is 0 Å². The SMILES string of the molecule is CC1CN(c2c(Cl)cc(N)cc2Cl)CC(C)(C)O1. The smallest absolute Gasteiger partial charge is 0.0805 e. The lowest BCUT2D eigenvalue weighted by atomic mass is 10.0. The van der Waals surface area contributed by atoms with Crippen molar-refractivity contribution >= 4 is 34.6 Å². The Hall–Kier alpha value is -0.640. The molecule has 1 unspecified atom stereocenters. The van der Waals surface area contributed by atoms with Crippen molar-refractivity contribution < 1.29 is 4.74 Å². The molecule has 0 radical (unpaired) electrons. The Kier molecular flexibility index (Phi) is 3.67. The lowest BCUT2D eigenvalue weighted by Crippen LogP contribution is -2.52. The third-order valence-electron chi connectivity index (χ3n) is 2.92. The summed E-state index contributed by atoms with van der Waals surface area (Å²) in [7, 11) is 0. The molecule has 1 aliphatic heterocycles. The van der Waals surface area contributed by atoms with Crippen LogP contribution in [0, 0.1) is 0 Å². The van der Waals surface area contributed by atoms with Gasteiger partial charge in [-0.05, 0) is 32.9 Å². The lowest BCUT2D eigenvalue weighted by Gasteiger charge is -2.43. The summed E-state index contributed by atoms with van der Waals surface area (Å²) in [6, 6.07) is 3.46. The van der Waals surface area contributed by atoms with Crippen LogP contribution in [0.15, 0.2) is 12.1 Å². The van der Waals surface area contributed by atoms with E-state index in [4.69, 9.17) is 33.7 Å². The molecule has 1 aromatic rings. The molecule has 0 saturated carbocycles. The number of halogens is 2. The van der Waals surface area contributed by atoms with Crippen LogP contribution in [-0.2, 0) is 4.74 Å². The molecule has 3 nitrogen and oxygen atoms in total. The number of anilines is 2. The highest BCUT2D eigenvalue weighted by atomic mass is 35.5. The molecule has 1 atom stereocenters. The topological polar surface area (TPSA) is 38.5 Å². The Morgan fingerprint density at radius 3 is 2.39 bits per heavy atom. The monoisotopic (exact) mass is 288 g/mol. The van der Waals surface area contributed by atoms with E-state index in [0.717, 1.165) is 18.8 Å². The van der Waals surface area contributed by atoms with Crippen molar-refractivity contribution in [2.24, 2.45) is 0 Å². The first-order valence-electron chi connectivity index (χ1n) is 5.96. The Balaban J connectivity index is 2.37. The highest BCUT2D eigenvalue weighted by molar-refractivity contribution is 6.39. The van der Waals surface area contributed by atoms with Crippen molar-refractivity contribution in [1.29, 1.82) is 0 Å². The van der Waals surface area contributed by atoms with Crippen molar-refractivity contribution in [3.8, 4) is 0 Å². The van der Waals surface area contributed by atoms with Gasteiger partial charge in [-0.1, -0.05) is 23.2 Å². The van der Waals surface area contributed by atoms with Gasteiger partial charge < -0.3 is 15.4 Å². The summed E-state index contributed by atoms with van der Waals surface area (Å²) in [5.41, 5.74) is 6.93. The van der Waals surface area contributed by atoms with E-state index in [-0.39, 0.29) is 11.7 Å². The van der Waals surface area contributed by atoms with E-state index in [1.807, 2.05) is 6.92 Å². The minimum Gasteiger partial charge on any atom is -0.399 e. The van der Waals surface area contributed by atoms with Gasteiger partial charge in [-0.2, -0.15) is 0 Å². The first kappa shape index (κ1) is 13.8. The molecular weight excluding hydrogens is 271 g/mol. The van der Waals surface area contributed by atoms with Crippen LogP contribution in [0.5, 0.6) is 0 Å². The van der Waals surface area contributed by atoms with Gasteiger partial charge in [0.25, 0.3) is 0 Å². The normalized spacial score (nSPS) is 23.2. The van der Waals surface area contributed by atoms with Crippen molar-refractivity contribution in [3.05, 3.63) is 22.2 Å². The van der Waals surface area contributed by atoms with Crippen LogP contribution in [0.1, 0.15) is 20.8 Å². The summed E-state index contributed by atoms with van der Waals surface area (Å²) in [6.07, 6.45) is 0.137. The van der Waals surface area contributed by atoms with Gasteiger partial charge in [0.1, 0.15) is 0 Å². The van der Waals surface area contributed by atoms with Crippen molar-refractivity contribution in [2.75, 3.05) is 23.7 Å². The average Bonchev–Trinajstić information content (AvgIpc) is 2.11. The molecule has 1 aromatic carbocycles. The fourth-order valence-corrected chi connectivity index (χ4v) is 3.25. The zero-order valence-corrected chi connectivity index (χ0v) is 12.3. The third-order valence-corrected chi connectivity index (χ3v) is 3.50. The first-order valence-corrected chi connectivity index (χ1v) is 6.71. The van der Waals surface area contributed by atoms with Gasteiger partial charge in [-0.25, -0.2) is 0 Å². The third kappa shape index (κ3) is 2.85. The number of ether oxygens (including phenoxy) is 1. The maximum atomic E-state index is 6.26. The zero-order valence-electron chi connectivity index (χ0n) is 10.8. The second kappa shape index (κ2) is 4.80. The minimum atomic E-state index is -0.217. The first-order chi connectivity index (χ1) is 8.28. The Bertz CT molecular complexity index is 439. The standard InChI is InChI=1S/C13H18Cl2N2O/c1-8-6-17(7-13(2,3)18-8)12-10(14)4-9(16)5-11(12)15/h4-5,8H,6-7,16H2,1-3H3. The maximum absolute atomic E-state index is 6.26. The van der Waals surface area contributed by atoms with Crippen LogP contribution in [0.25, 0.3) is 0 Å². The van der Waals surface area contributed by atoms with Gasteiger partial charge in [0, 0.05) is 18.8 Å². The van der Waals surface area contributed by atoms with Gasteiger partial charge >= 0.3 is 0 Å². The number of hydrogen-bond donors (Lipinski definition) is 1. The predicted octanol–water partition coefficient (Wildman–Crippen LogP) is 3.58. The van der Waals surface area contributed by atoms with E-state index in [1.54, 1.807) is 12.1 Å². The molecule has 0 spiro atoms.